The van der Waals surface area contributed by atoms with Gasteiger partial charge < -0.3 is 9.80 Å². The highest BCUT2D eigenvalue weighted by atomic mass is 32.1. The van der Waals surface area contributed by atoms with Gasteiger partial charge in [-0.15, -0.1) is 11.3 Å². The number of thiazole rings is 1. The van der Waals surface area contributed by atoms with Crippen molar-refractivity contribution in [3.05, 3.63) is 40.4 Å². The second-order valence-corrected chi connectivity index (χ2v) is 7.96. The average Bonchev–Trinajstić information content (AvgIpc) is 3.03. The predicted molar refractivity (Wildman–Crippen MR) is 111 cm³/mol. The summed E-state index contributed by atoms with van der Waals surface area (Å²) in [6, 6.07) is 8.50. The van der Waals surface area contributed by atoms with Gasteiger partial charge in [0.15, 0.2) is 0 Å². The molecule has 0 N–H and O–H groups in total. The number of nitrogens with zero attached hydrogens (tertiary/aromatic N) is 3. The third-order valence-corrected chi connectivity index (χ3v) is 6.00. The molecule has 0 saturated carbocycles. The number of hydrogen-bond acceptors (Lipinski definition) is 4. The minimum atomic E-state index is 0.0669. The van der Waals surface area contributed by atoms with Gasteiger partial charge in [0.25, 0.3) is 5.91 Å². The first kappa shape index (κ1) is 20.6. The molecular weight excluding hydrogens is 342 g/mol. The van der Waals surface area contributed by atoms with Gasteiger partial charge in [0.05, 0.1) is 5.69 Å². The van der Waals surface area contributed by atoms with Crippen molar-refractivity contribution in [2.45, 2.75) is 40.5 Å². The Morgan fingerprint density at radius 3 is 2.27 bits per heavy atom. The molecule has 5 heteroatoms. The predicted octanol–water partition coefficient (Wildman–Crippen LogP) is 4.66. The van der Waals surface area contributed by atoms with Gasteiger partial charge in [-0.25, -0.2) is 4.98 Å². The number of benzene rings is 1. The molecule has 1 amide bonds. The Kier molecular flexibility index (Phi) is 7.35. The van der Waals surface area contributed by atoms with Crippen LogP contribution in [0.5, 0.6) is 0 Å². The average molecular weight is 374 g/mol. The van der Waals surface area contributed by atoms with Gasteiger partial charge in [-0.2, -0.15) is 0 Å². The Hall–Kier alpha value is -1.72. The number of hydrogen-bond donors (Lipinski definition) is 0. The third kappa shape index (κ3) is 4.92. The fourth-order valence-electron chi connectivity index (χ4n) is 2.84. The van der Waals surface area contributed by atoms with Gasteiger partial charge in [0.2, 0.25) is 0 Å². The van der Waals surface area contributed by atoms with E-state index in [9.17, 15) is 4.79 Å². The highest BCUT2D eigenvalue weighted by Crippen LogP contribution is 2.29. The van der Waals surface area contributed by atoms with E-state index in [1.54, 1.807) is 0 Å². The zero-order valence-electron chi connectivity index (χ0n) is 16.9. The highest BCUT2D eigenvalue weighted by Gasteiger charge is 2.20. The zero-order valence-corrected chi connectivity index (χ0v) is 17.7. The smallest absolute Gasteiger partial charge is 0.265 e. The summed E-state index contributed by atoms with van der Waals surface area (Å²) in [4.78, 5) is 22.3. The maximum Gasteiger partial charge on any atom is 0.265 e. The maximum atomic E-state index is 12.8. The van der Waals surface area contributed by atoms with Crippen LogP contribution in [0.4, 0.5) is 0 Å². The Bertz CT molecular complexity index is 717. The first-order valence-corrected chi connectivity index (χ1v) is 10.2. The van der Waals surface area contributed by atoms with Crippen LogP contribution in [0.1, 0.15) is 54.5 Å². The summed E-state index contributed by atoms with van der Waals surface area (Å²) in [5.41, 5.74) is 3.21. The molecule has 0 bridgehead atoms. The van der Waals surface area contributed by atoms with Crippen LogP contribution in [0.3, 0.4) is 0 Å². The lowest BCUT2D eigenvalue weighted by molar-refractivity contribution is 0.0783. The number of aromatic nitrogens is 1. The molecule has 142 valence electrons. The summed E-state index contributed by atoms with van der Waals surface area (Å²) in [7, 11) is 1.88. The summed E-state index contributed by atoms with van der Waals surface area (Å²) in [5, 5.41) is 0.915. The molecular formula is C21H31N3OS. The molecule has 2 rings (SSSR count). The standard InChI is InChI=1S/C21H31N3OS/c1-7-24(8-2)14-13-23(6)21(25)19-16(5)22-20(26-19)18-11-9-17(10-12-18)15(3)4/h9-12,15H,7-8,13-14H2,1-6H3. The Labute approximate surface area is 161 Å². The van der Waals surface area contributed by atoms with Crippen LogP contribution >= 0.6 is 11.3 Å². The summed E-state index contributed by atoms with van der Waals surface area (Å²) in [6.45, 7) is 14.2. The molecule has 0 aliphatic carbocycles. The lowest BCUT2D eigenvalue weighted by atomic mass is 10.0. The van der Waals surface area contributed by atoms with Crippen LogP contribution in [-0.4, -0.2) is 53.9 Å². The second-order valence-electron chi connectivity index (χ2n) is 6.96. The minimum Gasteiger partial charge on any atom is -0.340 e. The van der Waals surface area contributed by atoms with E-state index in [4.69, 9.17) is 0 Å². The van der Waals surface area contributed by atoms with Gasteiger partial charge in [-0.1, -0.05) is 52.0 Å². The van der Waals surface area contributed by atoms with Crippen molar-refractivity contribution in [1.82, 2.24) is 14.8 Å². The fraction of sp³-hybridized carbons (Fsp3) is 0.524. The molecule has 1 heterocycles. The molecule has 1 aromatic heterocycles. The minimum absolute atomic E-state index is 0.0669. The number of likely N-dealkylation sites (N-methyl/N-ethyl adjacent to an activating group) is 2. The zero-order chi connectivity index (χ0) is 19.3. The van der Waals surface area contributed by atoms with Crippen LogP contribution < -0.4 is 0 Å². The molecule has 0 saturated heterocycles. The summed E-state index contributed by atoms with van der Waals surface area (Å²) < 4.78 is 0. The normalized spacial score (nSPS) is 11.4. The third-order valence-electron chi connectivity index (χ3n) is 4.81. The summed E-state index contributed by atoms with van der Waals surface area (Å²) in [6.07, 6.45) is 0. The molecule has 0 spiro atoms. The molecule has 1 aromatic carbocycles. The van der Waals surface area contributed by atoms with Gasteiger partial charge in [0, 0.05) is 25.7 Å². The molecule has 0 aliphatic heterocycles. The molecule has 26 heavy (non-hydrogen) atoms. The van der Waals surface area contributed by atoms with Crippen molar-refractivity contribution in [2.75, 3.05) is 33.2 Å². The van der Waals surface area contributed by atoms with Gasteiger partial charge >= 0.3 is 0 Å². The van der Waals surface area contributed by atoms with Crippen LogP contribution in [-0.2, 0) is 0 Å². The van der Waals surface area contributed by atoms with E-state index in [1.165, 1.54) is 16.9 Å². The first-order chi connectivity index (χ1) is 12.4. The monoisotopic (exact) mass is 373 g/mol. The number of carbonyl (C=O) groups is 1. The van der Waals surface area contributed by atoms with Gasteiger partial charge in [-0.3, -0.25) is 4.79 Å². The van der Waals surface area contributed by atoms with Gasteiger partial charge in [0.1, 0.15) is 9.88 Å². The highest BCUT2D eigenvalue weighted by molar-refractivity contribution is 7.17. The van der Waals surface area contributed by atoms with Crippen LogP contribution in [0.2, 0.25) is 0 Å². The Balaban J connectivity index is 2.12. The molecule has 0 fully saturated rings. The Morgan fingerprint density at radius 2 is 1.73 bits per heavy atom. The van der Waals surface area contributed by atoms with Crippen molar-refractivity contribution in [1.29, 1.82) is 0 Å². The van der Waals surface area contributed by atoms with Crippen LogP contribution in [0, 0.1) is 6.92 Å². The quantitative estimate of drug-likeness (QED) is 0.675. The maximum absolute atomic E-state index is 12.8. The van der Waals surface area contributed by atoms with Crippen molar-refractivity contribution >= 4 is 17.2 Å². The van der Waals surface area contributed by atoms with E-state index in [-0.39, 0.29) is 5.91 Å². The topological polar surface area (TPSA) is 36.4 Å². The number of rotatable bonds is 8. The fourth-order valence-corrected chi connectivity index (χ4v) is 3.90. The van der Waals surface area contributed by atoms with Crippen molar-refractivity contribution in [2.24, 2.45) is 0 Å². The number of amides is 1. The SMILES string of the molecule is CCN(CC)CCN(C)C(=O)c1sc(-c2ccc(C(C)C)cc2)nc1C. The first-order valence-electron chi connectivity index (χ1n) is 9.42. The summed E-state index contributed by atoms with van der Waals surface area (Å²) in [5.74, 6) is 0.580. The van der Waals surface area contributed by atoms with Crippen molar-refractivity contribution in [3.8, 4) is 10.6 Å². The van der Waals surface area contributed by atoms with Crippen molar-refractivity contribution in [3.63, 3.8) is 0 Å². The number of carbonyl (C=O) groups excluding carboxylic acids is 1. The lowest BCUT2D eigenvalue weighted by Crippen LogP contribution is -2.36. The van der Waals surface area contributed by atoms with E-state index < -0.39 is 0 Å². The molecule has 0 radical (unpaired) electrons. The molecule has 0 aliphatic rings. The van der Waals surface area contributed by atoms with Crippen molar-refractivity contribution < 1.29 is 4.79 Å². The van der Waals surface area contributed by atoms with Gasteiger partial charge in [-0.05, 0) is 31.5 Å². The Morgan fingerprint density at radius 1 is 1.12 bits per heavy atom. The molecule has 0 unspecified atom stereocenters. The van der Waals surface area contributed by atoms with Crippen LogP contribution in [0.15, 0.2) is 24.3 Å². The van der Waals surface area contributed by atoms with E-state index in [1.807, 2.05) is 18.9 Å². The number of aryl methyl sites for hydroxylation is 1. The van der Waals surface area contributed by atoms with E-state index in [2.05, 4.69) is 61.8 Å². The second kappa shape index (κ2) is 9.28. The van der Waals surface area contributed by atoms with E-state index in [0.717, 1.165) is 47.3 Å². The van der Waals surface area contributed by atoms with E-state index >= 15 is 0 Å². The largest absolute Gasteiger partial charge is 0.340 e. The van der Waals surface area contributed by atoms with Crippen LogP contribution in [0.25, 0.3) is 10.6 Å². The summed E-state index contributed by atoms with van der Waals surface area (Å²) >= 11 is 1.49. The molecule has 0 atom stereocenters. The molecule has 4 nitrogen and oxygen atoms in total. The molecule has 2 aromatic rings. The lowest BCUT2D eigenvalue weighted by Gasteiger charge is -2.22. The van der Waals surface area contributed by atoms with E-state index in [0.29, 0.717) is 5.92 Å².